The number of aryl methyl sites for hydroxylation is 1. The second-order valence-corrected chi connectivity index (χ2v) is 11.5. The maximum atomic E-state index is 6.15. The first kappa shape index (κ1) is 26.2. The molecule has 4 rings (SSSR count). The second-order valence-electron chi connectivity index (χ2n) is 11.5. The summed E-state index contributed by atoms with van der Waals surface area (Å²) in [6, 6.07) is 8.35. The van der Waals surface area contributed by atoms with Crippen molar-refractivity contribution in [1.82, 2.24) is 9.97 Å². The molecule has 192 valence electrons. The van der Waals surface area contributed by atoms with Gasteiger partial charge in [0, 0.05) is 18.0 Å². The maximum absolute atomic E-state index is 6.15. The molecule has 2 aromatic rings. The molecule has 0 spiro atoms. The summed E-state index contributed by atoms with van der Waals surface area (Å²) in [5.41, 5.74) is 2.33. The van der Waals surface area contributed by atoms with Gasteiger partial charge in [-0.3, -0.25) is 0 Å². The van der Waals surface area contributed by atoms with E-state index in [1.807, 2.05) is 12.4 Å². The minimum absolute atomic E-state index is 0.717. The van der Waals surface area contributed by atoms with E-state index in [4.69, 9.17) is 4.74 Å². The molecular weight excluding hydrogens is 428 g/mol. The molecular formula is C32H48N2O. The van der Waals surface area contributed by atoms with Crippen LogP contribution in [0.15, 0.2) is 36.7 Å². The molecule has 0 saturated heterocycles. The van der Waals surface area contributed by atoms with Crippen LogP contribution in [0.25, 0.3) is 11.4 Å². The van der Waals surface area contributed by atoms with Gasteiger partial charge in [-0.05, 0) is 79.2 Å². The lowest BCUT2D eigenvalue weighted by molar-refractivity contribution is 0.177. The zero-order valence-electron chi connectivity index (χ0n) is 22.4. The molecule has 0 radical (unpaired) electrons. The molecule has 2 fully saturated rings. The Morgan fingerprint density at radius 2 is 1.31 bits per heavy atom. The molecule has 3 nitrogen and oxygen atoms in total. The van der Waals surface area contributed by atoms with Gasteiger partial charge < -0.3 is 4.74 Å². The number of benzene rings is 1. The summed E-state index contributed by atoms with van der Waals surface area (Å²) in [5, 5.41) is 0. The van der Waals surface area contributed by atoms with E-state index >= 15 is 0 Å². The summed E-state index contributed by atoms with van der Waals surface area (Å²) in [6.45, 7) is 5.49. The summed E-state index contributed by atoms with van der Waals surface area (Å²) in [4.78, 5) is 9.34. The first-order chi connectivity index (χ1) is 17.2. The van der Waals surface area contributed by atoms with Crippen LogP contribution >= 0.6 is 0 Å². The number of hydrogen-bond donors (Lipinski definition) is 0. The minimum Gasteiger partial charge on any atom is -0.493 e. The van der Waals surface area contributed by atoms with Gasteiger partial charge in [0.25, 0.3) is 0 Å². The van der Waals surface area contributed by atoms with Crippen molar-refractivity contribution in [3.05, 3.63) is 42.2 Å². The SMILES string of the molecule is CCCCCC1CCC(COc2ccc(-c3ncc(CC[C@H]4CC[C@H](CC)CC4)cn3)cc2)CC1. The molecule has 0 N–H and O–H groups in total. The van der Waals surface area contributed by atoms with E-state index in [1.165, 1.54) is 95.5 Å². The van der Waals surface area contributed by atoms with E-state index in [-0.39, 0.29) is 0 Å². The van der Waals surface area contributed by atoms with Gasteiger partial charge in [0.15, 0.2) is 5.82 Å². The molecule has 2 saturated carbocycles. The van der Waals surface area contributed by atoms with Crippen molar-refractivity contribution in [2.45, 2.75) is 110 Å². The second kappa shape index (κ2) is 14.0. The first-order valence-electron chi connectivity index (χ1n) is 14.8. The number of aromatic nitrogens is 2. The topological polar surface area (TPSA) is 35.0 Å². The van der Waals surface area contributed by atoms with Crippen LogP contribution in [0.5, 0.6) is 5.75 Å². The van der Waals surface area contributed by atoms with Gasteiger partial charge in [-0.2, -0.15) is 0 Å². The zero-order chi connectivity index (χ0) is 24.3. The number of rotatable bonds is 12. The highest BCUT2D eigenvalue weighted by atomic mass is 16.5. The molecule has 0 aliphatic heterocycles. The lowest BCUT2D eigenvalue weighted by Crippen LogP contribution is -2.20. The average Bonchev–Trinajstić information content (AvgIpc) is 2.92. The molecule has 1 aromatic carbocycles. The van der Waals surface area contributed by atoms with Gasteiger partial charge in [0.2, 0.25) is 0 Å². The van der Waals surface area contributed by atoms with E-state index < -0.39 is 0 Å². The molecule has 2 aliphatic rings. The highest BCUT2D eigenvalue weighted by molar-refractivity contribution is 5.55. The summed E-state index contributed by atoms with van der Waals surface area (Å²) >= 11 is 0. The average molecular weight is 477 g/mol. The van der Waals surface area contributed by atoms with Crippen molar-refractivity contribution < 1.29 is 4.74 Å². The Morgan fingerprint density at radius 3 is 1.94 bits per heavy atom. The maximum Gasteiger partial charge on any atom is 0.159 e. The Bertz CT molecular complexity index is 831. The molecule has 1 aromatic heterocycles. The highest BCUT2D eigenvalue weighted by Crippen LogP contribution is 2.34. The lowest BCUT2D eigenvalue weighted by Gasteiger charge is -2.28. The van der Waals surface area contributed by atoms with Crippen molar-refractivity contribution in [1.29, 1.82) is 0 Å². The van der Waals surface area contributed by atoms with Crippen LogP contribution in [0.3, 0.4) is 0 Å². The summed E-state index contributed by atoms with van der Waals surface area (Å²) in [6.07, 6.45) is 24.5. The molecule has 35 heavy (non-hydrogen) atoms. The number of hydrogen-bond acceptors (Lipinski definition) is 3. The van der Waals surface area contributed by atoms with E-state index in [0.717, 1.165) is 53.8 Å². The molecule has 1 heterocycles. The van der Waals surface area contributed by atoms with Crippen LogP contribution in [0, 0.1) is 23.7 Å². The first-order valence-corrected chi connectivity index (χ1v) is 14.8. The Balaban J connectivity index is 1.17. The zero-order valence-corrected chi connectivity index (χ0v) is 22.4. The molecule has 0 bridgehead atoms. The molecule has 2 aliphatic carbocycles. The largest absolute Gasteiger partial charge is 0.493 e. The van der Waals surface area contributed by atoms with Gasteiger partial charge in [-0.1, -0.05) is 84.5 Å². The van der Waals surface area contributed by atoms with Crippen LogP contribution in [0.2, 0.25) is 0 Å². The third-order valence-electron chi connectivity index (χ3n) is 8.87. The van der Waals surface area contributed by atoms with Gasteiger partial charge in [0.1, 0.15) is 5.75 Å². The van der Waals surface area contributed by atoms with Gasteiger partial charge in [0.05, 0.1) is 6.61 Å². The normalized spacial score (nSPS) is 24.9. The van der Waals surface area contributed by atoms with Crippen LogP contribution in [0.1, 0.15) is 109 Å². The molecule has 0 unspecified atom stereocenters. The van der Waals surface area contributed by atoms with Crippen molar-refractivity contribution >= 4 is 0 Å². The van der Waals surface area contributed by atoms with Gasteiger partial charge in [-0.25, -0.2) is 9.97 Å². The Labute approximate surface area is 214 Å². The van der Waals surface area contributed by atoms with Crippen molar-refractivity contribution in [2.75, 3.05) is 6.61 Å². The molecule has 3 heteroatoms. The summed E-state index contributed by atoms with van der Waals surface area (Å²) in [7, 11) is 0. The van der Waals surface area contributed by atoms with E-state index in [1.54, 1.807) is 0 Å². The van der Waals surface area contributed by atoms with Gasteiger partial charge >= 0.3 is 0 Å². The van der Waals surface area contributed by atoms with Crippen molar-refractivity contribution in [3.8, 4) is 17.1 Å². The number of unbranched alkanes of at least 4 members (excludes halogenated alkanes) is 2. The summed E-state index contributed by atoms with van der Waals surface area (Å²) in [5.74, 6) is 5.33. The van der Waals surface area contributed by atoms with Crippen LogP contribution in [0.4, 0.5) is 0 Å². The van der Waals surface area contributed by atoms with Crippen LogP contribution in [-0.2, 0) is 6.42 Å². The quantitative estimate of drug-likeness (QED) is 0.287. The fraction of sp³-hybridized carbons (Fsp3) is 0.688. The fourth-order valence-electron chi connectivity index (χ4n) is 6.22. The fourth-order valence-corrected chi connectivity index (χ4v) is 6.22. The monoisotopic (exact) mass is 476 g/mol. The van der Waals surface area contributed by atoms with Crippen LogP contribution in [-0.4, -0.2) is 16.6 Å². The lowest BCUT2D eigenvalue weighted by atomic mass is 9.79. The molecule has 0 atom stereocenters. The van der Waals surface area contributed by atoms with Crippen LogP contribution < -0.4 is 4.74 Å². The van der Waals surface area contributed by atoms with Crippen molar-refractivity contribution in [2.24, 2.45) is 23.7 Å². The number of ether oxygens (including phenoxy) is 1. The Kier molecular flexibility index (Phi) is 10.5. The highest BCUT2D eigenvalue weighted by Gasteiger charge is 2.22. The summed E-state index contributed by atoms with van der Waals surface area (Å²) < 4.78 is 6.15. The van der Waals surface area contributed by atoms with E-state index in [2.05, 4.69) is 48.1 Å². The molecule has 0 amide bonds. The standard InChI is InChI=1S/C32H48N2O/c1-3-5-6-7-26-12-15-28(16-13-26)24-35-31-20-18-30(19-21-31)32-33-22-29(23-34-32)17-14-27-10-8-25(4-2)9-11-27/h18-23,25-28H,3-17,24H2,1-2H3/t25-,26?,27-,28?. The smallest absolute Gasteiger partial charge is 0.159 e. The van der Waals surface area contributed by atoms with E-state index in [0.29, 0.717) is 0 Å². The Hall–Kier alpha value is -1.90. The van der Waals surface area contributed by atoms with E-state index in [9.17, 15) is 0 Å². The Morgan fingerprint density at radius 1 is 0.714 bits per heavy atom. The van der Waals surface area contributed by atoms with Gasteiger partial charge in [-0.15, -0.1) is 0 Å². The predicted molar refractivity (Wildman–Crippen MR) is 147 cm³/mol. The third kappa shape index (κ3) is 8.33. The predicted octanol–water partition coefficient (Wildman–Crippen LogP) is 9.06. The third-order valence-corrected chi connectivity index (χ3v) is 8.87. The minimum atomic E-state index is 0.717. The number of nitrogens with zero attached hydrogens (tertiary/aromatic N) is 2. The van der Waals surface area contributed by atoms with Crippen molar-refractivity contribution in [3.63, 3.8) is 0 Å².